The van der Waals surface area contributed by atoms with E-state index in [1.807, 2.05) is 35.0 Å². The predicted octanol–water partition coefficient (Wildman–Crippen LogP) is 2.90. The SMILES string of the molecule is O=C(NCCc1cn2ccccc2n1)NC1CCCCCC1. The summed E-state index contributed by atoms with van der Waals surface area (Å²) in [5.74, 6) is 0. The van der Waals surface area contributed by atoms with Gasteiger partial charge < -0.3 is 15.0 Å². The Morgan fingerprint density at radius 2 is 2.05 bits per heavy atom. The summed E-state index contributed by atoms with van der Waals surface area (Å²) in [6, 6.07) is 6.24. The lowest BCUT2D eigenvalue weighted by atomic mass is 10.1. The molecule has 1 aliphatic carbocycles. The van der Waals surface area contributed by atoms with Crippen LogP contribution in [0.2, 0.25) is 0 Å². The number of nitrogens with one attached hydrogen (secondary N) is 2. The zero-order valence-electron chi connectivity index (χ0n) is 12.9. The van der Waals surface area contributed by atoms with Crippen molar-refractivity contribution < 1.29 is 4.79 Å². The van der Waals surface area contributed by atoms with Crippen LogP contribution >= 0.6 is 0 Å². The Labute approximate surface area is 131 Å². The number of imidazole rings is 1. The fraction of sp³-hybridized carbons (Fsp3) is 0.529. The highest BCUT2D eigenvalue weighted by Crippen LogP contribution is 2.16. The molecule has 0 aliphatic heterocycles. The molecule has 2 aromatic heterocycles. The standard InChI is InChI=1S/C17H24N4O/c22-17(20-14-7-3-1-2-4-8-14)18-11-10-15-13-21-12-6-5-9-16(21)19-15/h5-6,9,12-14H,1-4,7-8,10-11H2,(H2,18,20,22). The Balaban J connectivity index is 1.43. The second-order valence-electron chi connectivity index (χ2n) is 6.04. The van der Waals surface area contributed by atoms with Gasteiger partial charge in [-0.05, 0) is 25.0 Å². The molecule has 0 bridgehead atoms. The molecule has 118 valence electrons. The first-order chi connectivity index (χ1) is 10.8. The third kappa shape index (κ3) is 4.00. The Morgan fingerprint density at radius 3 is 2.82 bits per heavy atom. The molecule has 0 saturated heterocycles. The van der Waals surface area contributed by atoms with Crippen LogP contribution in [0, 0.1) is 0 Å². The lowest BCUT2D eigenvalue weighted by Crippen LogP contribution is -2.42. The van der Waals surface area contributed by atoms with Crippen LogP contribution in [0.4, 0.5) is 4.79 Å². The minimum Gasteiger partial charge on any atom is -0.338 e. The molecule has 2 N–H and O–H groups in total. The number of amides is 2. The topological polar surface area (TPSA) is 58.4 Å². The third-order valence-corrected chi connectivity index (χ3v) is 4.27. The number of urea groups is 1. The van der Waals surface area contributed by atoms with Crippen molar-refractivity contribution in [1.29, 1.82) is 0 Å². The predicted molar refractivity (Wildman–Crippen MR) is 86.9 cm³/mol. The summed E-state index contributed by atoms with van der Waals surface area (Å²) >= 11 is 0. The fourth-order valence-electron chi connectivity index (χ4n) is 3.07. The van der Waals surface area contributed by atoms with Crippen LogP contribution in [0.3, 0.4) is 0 Å². The van der Waals surface area contributed by atoms with E-state index in [0.717, 1.165) is 30.6 Å². The van der Waals surface area contributed by atoms with Gasteiger partial charge in [0.25, 0.3) is 0 Å². The van der Waals surface area contributed by atoms with E-state index in [9.17, 15) is 4.79 Å². The van der Waals surface area contributed by atoms with Gasteiger partial charge in [-0.25, -0.2) is 9.78 Å². The molecule has 5 heteroatoms. The summed E-state index contributed by atoms with van der Waals surface area (Å²) < 4.78 is 2.00. The van der Waals surface area contributed by atoms with Crippen molar-refractivity contribution in [3.05, 3.63) is 36.3 Å². The van der Waals surface area contributed by atoms with Crippen LogP contribution in [0.1, 0.15) is 44.2 Å². The van der Waals surface area contributed by atoms with E-state index in [1.165, 1.54) is 25.7 Å². The van der Waals surface area contributed by atoms with E-state index in [1.54, 1.807) is 0 Å². The van der Waals surface area contributed by atoms with E-state index in [0.29, 0.717) is 12.6 Å². The van der Waals surface area contributed by atoms with Gasteiger partial charge in [-0.2, -0.15) is 0 Å². The molecule has 22 heavy (non-hydrogen) atoms. The van der Waals surface area contributed by atoms with Crippen LogP contribution in [-0.4, -0.2) is 28.0 Å². The van der Waals surface area contributed by atoms with Crippen molar-refractivity contribution in [3.63, 3.8) is 0 Å². The first kappa shape index (κ1) is 14.9. The lowest BCUT2D eigenvalue weighted by molar-refractivity contribution is 0.235. The molecular weight excluding hydrogens is 276 g/mol. The van der Waals surface area contributed by atoms with Gasteiger partial charge in [0.1, 0.15) is 5.65 Å². The van der Waals surface area contributed by atoms with Crippen molar-refractivity contribution in [3.8, 4) is 0 Å². The van der Waals surface area contributed by atoms with Crippen molar-refractivity contribution in [2.75, 3.05) is 6.54 Å². The van der Waals surface area contributed by atoms with E-state index < -0.39 is 0 Å². The van der Waals surface area contributed by atoms with Crippen molar-refractivity contribution in [1.82, 2.24) is 20.0 Å². The van der Waals surface area contributed by atoms with E-state index in [2.05, 4.69) is 15.6 Å². The van der Waals surface area contributed by atoms with Gasteiger partial charge in [-0.1, -0.05) is 31.7 Å². The Morgan fingerprint density at radius 1 is 1.23 bits per heavy atom. The quantitative estimate of drug-likeness (QED) is 0.853. The third-order valence-electron chi connectivity index (χ3n) is 4.27. The normalized spacial score (nSPS) is 16.4. The number of hydrogen-bond acceptors (Lipinski definition) is 2. The maximum Gasteiger partial charge on any atom is 0.315 e. The molecule has 0 aromatic carbocycles. The Hall–Kier alpha value is -2.04. The molecule has 1 saturated carbocycles. The van der Waals surface area contributed by atoms with Crippen LogP contribution in [0.15, 0.2) is 30.6 Å². The number of nitrogens with zero attached hydrogens (tertiary/aromatic N) is 2. The van der Waals surface area contributed by atoms with Gasteiger partial charge >= 0.3 is 6.03 Å². The van der Waals surface area contributed by atoms with Crippen LogP contribution in [-0.2, 0) is 6.42 Å². The highest BCUT2D eigenvalue weighted by atomic mass is 16.2. The number of hydrogen-bond donors (Lipinski definition) is 2. The fourth-order valence-corrected chi connectivity index (χ4v) is 3.07. The zero-order valence-corrected chi connectivity index (χ0v) is 12.9. The molecule has 1 fully saturated rings. The highest BCUT2D eigenvalue weighted by molar-refractivity contribution is 5.74. The molecule has 0 radical (unpaired) electrons. The summed E-state index contributed by atoms with van der Waals surface area (Å²) in [5.41, 5.74) is 1.95. The Kier molecular flexibility index (Phi) is 4.93. The molecule has 0 spiro atoms. The number of carbonyl (C=O) groups excluding carboxylic acids is 1. The molecule has 0 unspecified atom stereocenters. The minimum absolute atomic E-state index is 0.0457. The lowest BCUT2D eigenvalue weighted by Gasteiger charge is -2.16. The van der Waals surface area contributed by atoms with Crippen molar-refractivity contribution in [2.24, 2.45) is 0 Å². The van der Waals surface area contributed by atoms with Gasteiger partial charge in [0.15, 0.2) is 0 Å². The van der Waals surface area contributed by atoms with Gasteiger partial charge in [0.2, 0.25) is 0 Å². The average molecular weight is 300 g/mol. The molecule has 0 atom stereocenters. The first-order valence-corrected chi connectivity index (χ1v) is 8.28. The Bertz CT molecular complexity index is 581. The van der Waals surface area contributed by atoms with Gasteiger partial charge in [-0.15, -0.1) is 0 Å². The van der Waals surface area contributed by atoms with Crippen LogP contribution in [0.25, 0.3) is 5.65 Å². The molecule has 1 aliphatic rings. The highest BCUT2D eigenvalue weighted by Gasteiger charge is 2.14. The molecule has 2 amide bonds. The number of aromatic nitrogens is 2. The van der Waals surface area contributed by atoms with E-state index in [-0.39, 0.29) is 6.03 Å². The summed E-state index contributed by atoms with van der Waals surface area (Å²) in [6.07, 6.45) is 12.0. The van der Waals surface area contributed by atoms with Gasteiger partial charge in [0, 0.05) is 31.4 Å². The van der Waals surface area contributed by atoms with Crippen molar-refractivity contribution >= 4 is 11.7 Å². The summed E-state index contributed by atoms with van der Waals surface area (Å²) in [4.78, 5) is 16.5. The summed E-state index contributed by atoms with van der Waals surface area (Å²) in [5, 5.41) is 6.04. The maximum absolute atomic E-state index is 11.9. The number of rotatable bonds is 4. The number of pyridine rings is 1. The van der Waals surface area contributed by atoms with Crippen molar-refractivity contribution in [2.45, 2.75) is 51.0 Å². The molecule has 5 nitrogen and oxygen atoms in total. The van der Waals surface area contributed by atoms with Crippen LogP contribution < -0.4 is 10.6 Å². The molecule has 2 aromatic rings. The van der Waals surface area contributed by atoms with Gasteiger partial charge in [-0.3, -0.25) is 0 Å². The monoisotopic (exact) mass is 300 g/mol. The number of fused-ring (bicyclic) bond motifs is 1. The minimum atomic E-state index is -0.0457. The zero-order chi connectivity index (χ0) is 15.2. The average Bonchev–Trinajstić information content (AvgIpc) is 2.75. The van der Waals surface area contributed by atoms with E-state index in [4.69, 9.17) is 0 Å². The smallest absolute Gasteiger partial charge is 0.315 e. The molecule has 3 rings (SSSR count). The second-order valence-corrected chi connectivity index (χ2v) is 6.04. The second kappa shape index (κ2) is 7.29. The van der Waals surface area contributed by atoms with Gasteiger partial charge in [0.05, 0.1) is 5.69 Å². The first-order valence-electron chi connectivity index (χ1n) is 8.28. The number of carbonyl (C=O) groups is 1. The summed E-state index contributed by atoms with van der Waals surface area (Å²) in [6.45, 7) is 0.614. The molecule has 2 heterocycles. The van der Waals surface area contributed by atoms with Crippen LogP contribution in [0.5, 0.6) is 0 Å². The van der Waals surface area contributed by atoms with E-state index >= 15 is 0 Å². The maximum atomic E-state index is 11.9. The largest absolute Gasteiger partial charge is 0.338 e. The molecular formula is C17H24N4O. The summed E-state index contributed by atoms with van der Waals surface area (Å²) in [7, 11) is 0.